The fraction of sp³-hybridized carbons (Fsp3) is 0.438. The molecule has 1 nitrogen and oxygen atoms in total. The van der Waals surface area contributed by atoms with Gasteiger partial charge < -0.3 is 4.74 Å². The van der Waals surface area contributed by atoms with Gasteiger partial charge in [-0.25, -0.2) is 4.39 Å². The van der Waals surface area contributed by atoms with E-state index in [9.17, 15) is 13.2 Å². The van der Waals surface area contributed by atoms with Crippen molar-refractivity contribution in [2.24, 2.45) is 5.92 Å². The molecule has 0 bridgehead atoms. The van der Waals surface area contributed by atoms with Gasteiger partial charge in [-0.15, -0.1) is 0 Å². The predicted molar refractivity (Wildman–Crippen MR) is 141 cm³/mol. The molecule has 3 aromatic rings. The van der Waals surface area contributed by atoms with Crippen LogP contribution in [0, 0.1) is 11.7 Å². The topological polar surface area (TPSA) is 9.23 Å². The highest BCUT2D eigenvalue weighted by atomic mass is 19.3. The van der Waals surface area contributed by atoms with Crippen LogP contribution in [-0.2, 0) is 12.8 Å². The average Bonchev–Trinajstić information content (AvgIpc) is 2.89. The molecule has 0 spiro atoms. The highest BCUT2D eigenvalue weighted by Crippen LogP contribution is 2.38. The molecular weight excluding hydrogens is 457 g/mol. The molecule has 36 heavy (non-hydrogen) atoms. The van der Waals surface area contributed by atoms with Crippen LogP contribution in [0.2, 0.25) is 0 Å². The Morgan fingerprint density at radius 2 is 1.50 bits per heavy atom. The summed E-state index contributed by atoms with van der Waals surface area (Å²) in [4.78, 5) is 0. The SMILES string of the molecule is CCCC1CCC(c2ccc(CCC(F)(F)Oc3ccc(-c4ccc(CC)cc4)c(F)c3)cc2)CC1. The van der Waals surface area contributed by atoms with Crippen LogP contribution in [0.25, 0.3) is 11.1 Å². The molecular formula is C32H37F3O. The molecule has 1 aliphatic carbocycles. The fourth-order valence-electron chi connectivity index (χ4n) is 5.38. The molecule has 1 saturated carbocycles. The Bertz CT molecular complexity index is 1100. The van der Waals surface area contributed by atoms with E-state index in [1.807, 2.05) is 36.4 Å². The summed E-state index contributed by atoms with van der Waals surface area (Å²) in [5.41, 5.74) is 4.41. The molecule has 3 aromatic carbocycles. The van der Waals surface area contributed by atoms with Crippen LogP contribution in [0.1, 0.15) is 81.4 Å². The van der Waals surface area contributed by atoms with Crippen LogP contribution < -0.4 is 4.74 Å². The zero-order chi connectivity index (χ0) is 25.5. The minimum Gasteiger partial charge on any atom is -0.432 e. The fourth-order valence-corrected chi connectivity index (χ4v) is 5.38. The smallest absolute Gasteiger partial charge is 0.398 e. The van der Waals surface area contributed by atoms with Crippen molar-refractivity contribution < 1.29 is 17.9 Å². The zero-order valence-electron chi connectivity index (χ0n) is 21.4. The molecule has 0 aromatic heterocycles. The number of hydrogen-bond acceptors (Lipinski definition) is 1. The van der Waals surface area contributed by atoms with Crippen molar-refractivity contribution in [3.8, 4) is 16.9 Å². The van der Waals surface area contributed by atoms with E-state index in [-0.39, 0.29) is 12.2 Å². The van der Waals surface area contributed by atoms with Gasteiger partial charge >= 0.3 is 6.11 Å². The number of ether oxygens (including phenoxy) is 1. The standard InChI is InChI=1S/C32H37F3O/c1-3-5-24-8-12-26(13-9-24)27-14-10-25(11-15-27)20-21-32(34,35)36-29-18-19-30(31(33)22-29)28-16-6-23(4-2)7-17-28/h6-7,10-11,14-19,22,24,26H,3-5,8-9,12-13,20-21H2,1-2H3. The second-order valence-electron chi connectivity index (χ2n) is 10.2. The highest BCUT2D eigenvalue weighted by molar-refractivity contribution is 5.65. The maximum Gasteiger partial charge on any atom is 0.398 e. The van der Waals surface area contributed by atoms with Crippen molar-refractivity contribution >= 4 is 0 Å². The van der Waals surface area contributed by atoms with Gasteiger partial charge in [0, 0.05) is 11.6 Å². The Morgan fingerprint density at radius 1 is 0.833 bits per heavy atom. The van der Waals surface area contributed by atoms with E-state index >= 15 is 0 Å². The van der Waals surface area contributed by atoms with Gasteiger partial charge in [0.15, 0.2) is 0 Å². The van der Waals surface area contributed by atoms with Crippen LogP contribution >= 0.6 is 0 Å². The van der Waals surface area contributed by atoms with Crippen LogP contribution in [0.15, 0.2) is 66.7 Å². The lowest BCUT2D eigenvalue weighted by molar-refractivity contribution is -0.180. The van der Waals surface area contributed by atoms with Gasteiger partial charge in [0.1, 0.15) is 11.6 Å². The monoisotopic (exact) mass is 494 g/mol. The molecule has 4 heteroatoms. The molecule has 0 amide bonds. The number of rotatable bonds is 10. The second-order valence-corrected chi connectivity index (χ2v) is 10.2. The van der Waals surface area contributed by atoms with Crippen molar-refractivity contribution in [2.45, 2.75) is 83.7 Å². The Morgan fingerprint density at radius 3 is 2.11 bits per heavy atom. The lowest BCUT2D eigenvalue weighted by Gasteiger charge is -2.28. The Balaban J connectivity index is 1.31. The molecule has 0 N–H and O–H groups in total. The first-order valence-corrected chi connectivity index (χ1v) is 13.4. The van der Waals surface area contributed by atoms with Crippen LogP contribution in [0.4, 0.5) is 13.2 Å². The van der Waals surface area contributed by atoms with E-state index < -0.39 is 18.3 Å². The Labute approximate surface area is 213 Å². The maximum atomic E-state index is 14.7. The minimum atomic E-state index is -3.38. The van der Waals surface area contributed by atoms with E-state index in [0.29, 0.717) is 17.0 Å². The summed E-state index contributed by atoms with van der Waals surface area (Å²) in [6.07, 6.45) is 4.84. The summed E-state index contributed by atoms with van der Waals surface area (Å²) >= 11 is 0. The average molecular weight is 495 g/mol. The summed E-state index contributed by atoms with van der Waals surface area (Å²) in [7, 11) is 0. The van der Waals surface area contributed by atoms with Crippen LogP contribution in [-0.4, -0.2) is 6.11 Å². The van der Waals surface area contributed by atoms with Crippen molar-refractivity contribution in [1.29, 1.82) is 0 Å². The lowest BCUT2D eigenvalue weighted by Crippen LogP contribution is -2.25. The number of alkyl halides is 2. The highest BCUT2D eigenvalue weighted by Gasteiger charge is 2.31. The van der Waals surface area contributed by atoms with E-state index in [1.165, 1.54) is 56.2 Å². The molecule has 0 aliphatic heterocycles. The van der Waals surface area contributed by atoms with Gasteiger partial charge in [0.05, 0.1) is 6.42 Å². The van der Waals surface area contributed by atoms with Crippen molar-refractivity contribution in [3.63, 3.8) is 0 Å². The van der Waals surface area contributed by atoms with Crippen molar-refractivity contribution in [1.82, 2.24) is 0 Å². The molecule has 0 radical (unpaired) electrons. The number of halogens is 3. The molecule has 0 unspecified atom stereocenters. The maximum absolute atomic E-state index is 14.7. The third kappa shape index (κ3) is 6.93. The van der Waals surface area contributed by atoms with Crippen molar-refractivity contribution in [3.05, 3.63) is 89.2 Å². The largest absolute Gasteiger partial charge is 0.432 e. The van der Waals surface area contributed by atoms with Crippen LogP contribution in [0.3, 0.4) is 0 Å². The molecule has 0 saturated heterocycles. The van der Waals surface area contributed by atoms with Gasteiger partial charge in [-0.1, -0.05) is 75.2 Å². The summed E-state index contributed by atoms with van der Waals surface area (Å²) in [6.45, 7) is 4.30. The number of aryl methyl sites for hydroxylation is 2. The predicted octanol–water partition coefficient (Wildman–Crippen LogP) is 9.73. The van der Waals surface area contributed by atoms with Gasteiger partial charge in [-0.2, -0.15) is 8.78 Å². The lowest BCUT2D eigenvalue weighted by atomic mass is 9.77. The normalized spacial score (nSPS) is 18.2. The van der Waals surface area contributed by atoms with E-state index in [1.54, 1.807) is 0 Å². The molecule has 1 aliphatic rings. The second kappa shape index (κ2) is 12.0. The van der Waals surface area contributed by atoms with E-state index in [4.69, 9.17) is 4.74 Å². The summed E-state index contributed by atoms with van der Waals surface area (Å²) in [5, 5.41) is 0. The van der Waals surface area contributed by atoms with Crippen molar-refractivity contribution in [2.75, 3.05) is 0 Å². The van der Waals surface area contributed by atoms with Gasteiger partial charge in [0.25, 0.3) is 0 Å². The number of benzene rings is 3. The summed E-state index contributed by atoms with van der Waals surface area (Å²) in [5.74, 6) is 0.705. The van der Waals surface area contributed by atoms with Gasteiger partial charge in [-0.05, 0) is 84.7 Å². The summed E-state index contributed by atoms with van der Waals surface area (Å²) in [6, 6.07) is 19.6. The first-order chi connectivity index (χ1) is 17.4. The third-order valence-electron chi connectivity index (χ3n) is 7.58. The van der Waals surface area contributed by atoms with Crippen LogP contribution in [0.5, 0.6) is 5.75 Å². The van der Waals surface area contributed by atoms with E-state index in [0.717, 1.165) is 29.5 Å². The quantitative estimate of drug-likeness (QED) is 0.272. The molecule has 0 heterocycles. The first kappa shape index (κ1) is 26.3. The molecule has 4 rings (SSSR count). The minimum absolute atomic E-state index is 0.166. The molecule has 1 fully saturated rings. The Kier molecular flexibility index (Phi) is 8.77. The Hall–Kier alpha value is -2.75. The third-order valence-corrected chi connectivity index (χ3v) is 7.58. The van der Waals surface area contributed by atoms with Gasteiger partial charge in [-0.3, -0.25) is 0 Å². The van der Waals surface area contributed by atoms with E-state index in [2.05, 4.69) is 26.0 Å². The first-order valence-electron chi connectivity index (χ1n) is 13.4. The number of hydrogen-bond donors (Lipinski definition) is 0. The summed E-state index contributed by atoms with van der Waals surface area (Å²) < 4.78 is 48.7. The van der Waals surface area contributed by atoms with Gasteiger partial charge in [0.2, 0.25) is 0 Å². The molecule has 192 valence electrons. The zero-order valence-corrected chi connectivity index (χ0v) is 21.4. The molecule has 0 atom stereocenters.